The number of amides is 2. The molecule has 0 spiro atoms. The van der Waals surface area contributed by atoms with Gasteiger partial charge in [0.05, 0.1) is 5.69 Å². The molecule has 0 aromatic heterocycles. The lowest BCUT2D eigenvalue weighted by atomic mass is 10.3. The molecule has 0 heterocycles. The van der Waals surface area contributed by atoms with Crippen molar-refractivity contribution in [3.05, 3.63) is 29.8 Å². The third kappa shape index (κ3) is 4.88. The number of benzene rings is 1. The van der Waals surface area contributed by atoms with Crippen LogP contribution in [0.3, 0.4) is 0 Å². The van der Waals surface area contributed by atoms with Crippen LogP contribution >= 0.6 is 0 Å². The molecular formula is C13H18F2N2O2S. The number of carbonyl (C=O) groups is 1. The van der Waals surface area contributed by atoms with Crippen molar-refractivity contribution in [2.45, 2.75) is 25.5 Å². The van der Waals surface area contributed by atoms with Crippen LogP contribution in [-0.4, -0.2) is 27.3 Å². The van der Waals surface area contributed by atoms with Gasteiger partial charge in [-0.2, -0.15) is 0 Å². The molecule has 0 aliphatic rings. The van der Waals surface area contributed by atoms with Gasteiger partial charge in [0, 0.05) is 27.8 Å². The van der Waals surface area contributed by atoms with Gasteiger partial charge in [-0.05, 0) is 32.9 Å². The average molecular weight is 304 g/mol. The quantitative estimate of drug-likeness (QED) is 0.898. The summed E-state index contributed by atoms with van der Waals surface area (Å²) in [6.45, 7) is 5.70. The van der Waals surface area contributed by atoms with Gasteiger partial charge in [-0.25, -0.2) is 13.6 Å². The van der Waals surface area contributed by atoms with Crippen LogP contribution in [0.15, 0.2) is 18.2 Å². The zero-order valence-corrected chi connectivity index (χ0v) is 12.4. The van der Waals surface area contributed by atoms with Gasteiger partial charge in [0.25, 0.3) is 0 Å². The topological polar surface area (TPSA) is 58.2 Å². The zero-order valence-electron chi connectivity index (χ0n) is 11.6. The molecule has 0 saturated heterocycles. The van der Waals surface area contributed by atoms with Crippen molar-refractivity contribution in [1.29, 1.82) is 0 Å². The Kier molecular flexibility index (Phi) is 5.62. The number of hydrogen-bond donors (Lipinski definition) is 2. The van der Waals surface area contributed by atoms with Crippen LogP contribution in [0.1, 0.15) is 20.8 Å². The lowest BCUT2D eigenvalue weighted by molar-refractivity contribution is 0.252. The highest BCUT2D eigenvalue weighted by Crippen LogP contribution is 2.16. The second-order valence-electron chi connectivity index (χ2n) is 5.14. The van der Waals surface area contributed by atoms with E-state index in [1.807, 2.05) is 20.8 Å². The van der Waals surface area contributed by atoms with Crippen LogP contribution in [0.25, 0.3) is 0 Å². The molecule has 0 radical (unpaired) electrons. The van der Waals surface area contributed by atoms with Gasteiger partial charge in [-0.1, -0.05) is 6.07 Å². The molecule has 20 heavy (non-hydrogen) atoms. The fourth-order valence-electron chi connectivity index (χ4n) is 1.33. The summed E-state index contributed by atoms with van der Waals surface area (Å²) in [4.78, 5) is 11.5. The Morgan fingerprint density at radius 2 is 1.95 bits per heavy atom. The first kappa shape index (κ1) is 16.6. The molecule has 0 bridgehead atoms. The highest BCUT2D eigenvalue weighted by Gasteiger charge is 2.19. The SMILES string of the molecule is CC(C)(C)[S@@](=O)CCNC(=O)Nc1cccc(F)c1F. The maximum absolute atomic E-state index is 13.3. The molecule has 0 saturated carbocycles. The summed E-state index contributed by atoms with van der Waals surface area (Å²) in [6.07, 6.45) is 0. The standard InChI is InChI=1S/C13H18F2N2O2S/c1-13(2,3)20(19)8-7-16-12(18)17-10-6-4-5-9(14)11(10)15/h4-6H,7-8H2,1-3H3,(H2,16,17,18)/t20-/m0/s1. The average Bonchev–Trinajstić information content (AvgIpc) is 2.33. The summed E-state index contributed by atoms with van der Waals surface area (Å²) in [5.41, 5.74) is -0.237. The molecular weight excluding hydrogens is 286 g/mol. The molecule has 1 atom stereocenters. The van der Waals surface area contributed by atoms with E-state index in [-0.39, 0.29) is 17.0 Å². The van der Waals surface area contributed by atoms with Gasteiger partial charge in [0.2, 0.25) is 0 Å². The lowest BCUT2D eigenvalue weighted by Crippen LogP contribution is -2.35. The monoisotopic (exact) mass is 304 g/mol. The first-order chi connectivity index (χ1) is 9.21. The Balaban J connectivity index is 2.45. The molecule has 1 aromatic rings. The molecule has 112 valence electrons. The molecule has 7 heteroatoms. The molecule has 1 rings (SSSR count). The van der Waals surface area contributed by atoms with E-state index in [9.17, 15) is 17.8 Å². The second-order valence-corrected chi connectivity index (χ2v) is 7.47. The molecule has 4 nitrogen and oxygen atoms in total. The number of carbonyl (C=O) groups excluding carboxylic acids is 1. The van der Waals surface area contributed by atoms with Crippen LogP contribution in [0.4, 0.5) is 19.3 Å². The summed E-state index contributed by atoms with van der Waals surface area (Å²) in [6, 6.07) is 2.85. The molecule has 1 aromatic carbocycles. The van der Waals surface area contributed by atoms with Gasteiger partial charge < -0.3 is 10.6 Å². The molecule has 0 unspecified atom stereocenters. The number of urea groups is 1. The van der Waals surface area contributed by atoms with Gasteiger partial charge in [0.15, 0.2) is 11.6 Å². The van der Waals surface area contributed by atoms with Crippen molar-refractivity contribution in [2.24, 2.45) is 0 Å². The third-order valence-corrected chi connectivity index (χ3v) is 4.40. The zero-order chi connectivity index (χ0) is 15.3. The molecule has 2 N–H and O–H groups in total. The highest BCUT2D eigenvalue weighted by molar-refractivity contribution is 7.86. The van der Waals surface area contributed by atoms with Crippen molar-refractivity contribution in [3.8, 4) is 0 Å². The van der Waals surface area contributed by atoms with Crippen LogP contribution in [0.2, 0.25) is 0 Å². The van der Waals surface area contributed by atoms with Crippen LogP contribution < -0.4 is 10.6 Å². The van der Waals surface area contributed by atoms with Gasteiger partial charge in [-0.15, -0.1) is 0 Å². The molecule has 0 fully saturated rings. The number of rotatable bonds is 4. The van der Waals surface area contributed by atoms with Crippen LogP contribution in [0, 0.1) is 11.6 Å². The van der Waals surface area contributed by atoms with E-state index in [2.05, 4.69) is 10.6 Å². The highest BCUT2D eigenvalue weighted by atomic mass is 32.2. The normalized spacial score (nSPS) is 12.8. The van der Waals surface area contributed by atoms with E-state index in [0.29, 0.717) is 5.75 Å². The number of anilines is 1. The van der Waals surface area contributed by atoms with Crippen molar-refractivity contribution in [3.63, 3.8) is 0 Å². The van der Waals surface area contributed by atoms with E-state index in [1.165, 1.54) is 12.1 Å². The minimum absolute atomic E-state index is 0.187. The maximum Gasteiger partial charge on any atom is 0.319 e. The maximum atomic E-state index is 13.3. The Morgan fingerprint density at radius 3 is 2.55 bits per heavy atom. The Morgan fingerprint density at radius 1 is 1.30 bits per heavy atom. The summed E-state index contributed by atoms with van der Waals surface area (Å²) in [7, 11) is -1.08. The molecule has 0 aliphatic heterocycles. The summed E-state index contributed by atoms with van der Waals surface area (Å²) < 4.78 is 37.6. The summed E-state index contributed by atoms with van der Waals surface area (Å²) in [5.74, 6) is -1.85. The predicted octanol–water partition coefficient (Wildman–Crippen LogP) is 2.63. The smallest absolute Gasteiger partial charge is 0.319 e. The van der Waals surface area contributed by atoms with Crippen molar-refractivity contribution in [2.75, 3.05) is 17.6 Å². The molecule has 0 aliphatic carbocycles. The number of nitrogens with one attached hydrogen (secondary N) is 2. The fraction of sp³-hybridized carbons (Fsp3) is 0.462. The van der Waals surface area contributed by atoms with Gasteiger partial charge in [-0.3, -0.25) is 4.21 Å². The minimum Gasteiger partial charge on any atom is -0.337 e. The summed E-state index contributed by atoms with van der Waals surface area (Å²) in [5, 5.41) is 4.65. The van der Waals surface area contributed by atoms with Crippen molar-refractivity contribution < 1.29 is 17.8 Å². The van der Waals surface area contributed by atoms with E-state index < -0.39 is 28.5 Å². The van der Waals surface area contributed by atoms with Gasteiger partial charge in [0.1, 0.15) is 0 Å². The minimum atomic E-state index is -1.11. The van der Waals surface area contributed by atoms with Crippen LogP contribution in [0.5, 0.6) is 0 Å². The van der Waals surface area contributed by atoms with Crippen molar-refractivity contribution in [1.82, 2.24) is 5.32 Å². The van der Waals surface area contributed by atoms with E-state index in [4.69, 9.17) is 0 Å². The first-order valence-electron chi connectivity index (χ1n) is 6.09. The number of halogens is 2. The van der Waals surface area contributed by atoms with E-state index >= 15 is 0 Å². The second kappa shape index (κ2) is 6.78. The summed E-state index contributed by atoms with van der Waals surface area (Å²) >= 11 is 0. The Hall–Kier alpha value is -1.50. The van der Waals surface area contributed by atoms with Gasteiger partial charge >= 0.3 is 6.03 Å². The van der Waals surface area contributed by atoms with E-state index in [0.717, 1.165) is 6.07 Å². The fourth-order valence-corrected chi connectivity index (χ4v) is 2.23. The Labute approximate surface area is 119 Å². The largest absolute Gasteiger partial charge is 0.337 e. The Bertz CT molecular complexity index is 516. The number of hydrogen-bond acceptors (Lipinski definition) is 2. The predicted molar refractivity (Wildman–Crippen MR) is 76.1 cm³/mol. The third-order valence-electron chi connectivity index (χ3n) is 2.46. The van der Waals surface area contributed by atoms with Crippen molar-refractivity contribution >= 4 is 22.5 Å². The lowest BCUT2D eigenvalue weighted by Gasteiger charge is -2.17. The molecule has 2 amide bonds. The first-order valence-corrected chi connectivity index (χ1v) is 7.41. The van der Waals surface area contributed by atoms with Crippen LogP contribution in [-0.2, 0) is 10.8 Å². The van der Waals surface area contributed by atoms with E-state index in [1.54, 1.807) is 0 Å².